The van der Waals surface area contributed by atoms with Crippen LogP contribution >= 0.6 is 0 Å². The molecule has 1 saturated carbocycles. The number of hydrogen-bond donors (Lipinski definition) is 1. The Morgan fingerprint density at radius 1 is 1.52 bits per heavy atom. The third kappa shape index (κ3) is 3.17. The molecule has 1 aromatic rings. The van der Waals surface area contributed by atoms with Crippen molar-refractivity contribution in [2.75, 3.05) is 6.54 Å². The van der Waals surface area contributed by atoms with Crippen molar-refractivity contribution in [3.8, 4) is 0 Å². The lowest BCUT2D eigenvalue weighted by molar-refractivity contribution is -0.123. The summed E-state index contributed by atoms with van der Waals surface area (Å²) in [5.74, 6) is 1.64. The van der Waals surface area contributed by atoms with Crippen LogP contribution in [0.3, 0.4) is 0 Å². The fourth-order valence-electron chi connectivity index (χ4n) is 3.04. The van der Waals surface area contributed by atoms with Gasteiger partial charge in [-0.1, -0.05) is 32.4 Å². The van der Waals surface area contributed by atoms with Gasteiger partial charge in [0.2, 0.25) is 5.91 Å². The minimum atomic E-state index is 0.0649. The molecule has 0 bridgehead atoms. The molecule has 1 fully saturated rings. The molecule has 5 nitrogen and oxygen atoms in total. The molecule has 0 aliphatic heterocycles. The van der Waals surface area contributed by atoms with E-state index in [4.69, 9.17) is 0 Å². The first-order valence-electron chi connectivity index (χ1n) is 7.51. The van der Waals surface area contributed by atoms with Gasteiger partial charge in [-0.25, -0.2) is 0 Å². The van der Waals surface area contributed by atoms with Crippen LogP contribution in [0.1, 0.15) is 46.4 Å². The van der Waals surface area contributed by atoms with Crippen molar-refractivity contribution >= 4 is 5.91 Å². The molecule has 5 heteroatoms. The third-order valence-electron chi connectivity index (χ3n) is 4.48. The van der Waals surface area contributed by atoms with E-state index in [-0.39, 0.29) is 23.2 Å². The van der Waals surface area contributed by atoms with E-state index < -0.39 is 0 Å². The fraction of sp³-hybridized carbons (Fsp3) is 0.688. The zero-order chi connectivity index (χ0) is 15.8. The minimum Gasteiger partial charge on any atom is -0.355 e. The maximum Gasteiger partial charge on any atom is 0.224 e. The summed E-state index contributed by atoms with van der Waals surface area (Å²) in [7, 11) is 1.92. The lowest BCUT2D eigenvalue weighted by Gasteiger charge is -2.12. The minimum absolute atomic E-state index is 0.0649. The Balaban J connectivity index is 1.91. The Kier molecular flexibility index (Phi) is 4.21. The van der Waals surface area contributed by atoms with Gasteiger partial charge in [0.25, 0.3) is 0 Å². The van der Waals surface area contributed by atoms with Crippen LogP contribution in [0, 0.1) is 17.3 Å². The maximum atomic E-state index is 12.4. The van der Waals surface area contributed by atoms with Crippen LogP contribution in [0.4, 0.5) is 0 Å². The lowest BCUT2D eigenvalue weighted by Crippen LogP contribution is -2.31. The molecule has 0 radical (unpaired) electrons. The van der Waals surface area contributed by atoms with E-state index in [1.807, 2.05) is 11.6 Å². The summed E-state index contributed by atoms with van der Waals surface area (Å²) in [5, 5.41) is 11.0. The molecule has 1 heterocycles. The molecule has 1 N–H and O–H groups in total. The summed E-state index contributed by atoms with van der Waals surface area (Å²) >= 11 is 0. The largest absolute Gasteiger partial charge is 0.355 e. The zero-order valence-corrected chi connectivity index (χ0v) is 13.8. The SMILES string of the molecule is CC(C)=C[C@@H]1[C@@H](C(=O)NC[C@@H](C)c2nncn2C)C1(C)C. The number of amides is 1. The number of carbonyl (C=O) groups excluding carboxylic acids is 1. The standard InChI is InChI=1S/C16H26N4O/c1-10(2)7-12-13(16(12,4)5)15(21)17-8-11(3)14-19-18-9-20(14)6/h7,9,11-13H,8H2,1-6H3,(H,17,21)/t11-,12-,13+/m1/s1. The highest BCUT2D eigenvalue weighted by Crippen LogP contribution is 2.59. The molecule has 3 atom stereocenters. The maximum absolute atomic E-state index is 12.4. The predicted octanol–water partition coefficient (Wildman–Crippen LogP) is 2.27. The first-order chi connectivity index (χ1) is 9.75. The Morgan fingerprint density at radius 3 is 2.71 bits per heavy atom. The van der Waals surface area contributed by atoms with Gasteiger partial charge in [-0.05, 0) is 25.2 Å². The van der Waals surface area contributed by atoms with Crippen LogP contribution in [0.5, 0.6) is 0 Å². The second kappa shape index (κ2) is 5.62. The molecule has 0 unspecified atom stereocenters. The Hall–Kier alpha value is -1.65. The summed E-state index contributed by atoms with van der Waals surface area (Å²) in [6.45, 7) is 11.1. The highest BCUT2D eigenvalue weighted by molar-refractivity contribution is 5.83. The van der Waals surface area contributed by atoms with Crippen LogP contribution in [0.2, 0.25) is 0 Å². The van der Waals surface area contributed by atoms with E-state index in [0.717, 1.165) is 5.82 Å². The van der Waals surface area contributed by atoms with E-state index >= 15 is 0 Å². The molecule has 2 rings (SSSR count). The summed E-state index contributed by atoms with van der Waals surface area (Å²) in [4.78, 5) is 12.4. The van der Waals surface area contributed by atoms with E-state index in [1.54, 1.807) is 6.33 Å². The van der Waals surface area contributed by atoms with Gasteiger partial charge in [0.1, 0.15) is 12.2 Å². The van der Waals surface area contributed by atoms with Crippen molar-refractivity contribution in [1.29, 1.82) is 0 Å². The van der Waals surface area contributed by atoms with E-state index in [9.17, 15) is 4.79 Å². The van der Waals surface area contributed by atoms with Gasteiger partial charge in [-0.2, -0.15) is 0 Å². The van der Waals surface area contributed by atoms with Crippen LogP contribution < -0.4 is 5.32 Å². The number of nitrogens with one attached hydrogen (secondary N) is 1. The van der Waals surface area contributed by atoms with E-state index in [1.165, 1.54) is 5.57 Å². The number of rotatable bonds is 5. The van der Waals surface area contributed by atoms with Crippen LogP contribution in [0.15, 0.2) is 18.0 Å². The molecular formula is C16H26N4O. The number of aromatic nitrogens is 3. The molecule has 1 aliphatic rings. The van der Waals surface area contributed by atoms with Crippen molar-refractivity contribution in [2.45, 2.75) is 40.5 Å². The van der Waals surface area contributed by atoms with Crippen LogP contribution in [-0.4, -0.2) is 27.2 Å². The van der Waals surface area contributed by atoms with Crippen molar-refractivity contribution in [3.05, 3.63) is 23.8 Å². The topological polar surface area (TPSA) is 59.8 Å². The Morgan fingerprint density at radius 2 is 2.19 bits per heavy atom. The number of nitrogens with zero attached hydrogens (tertiary/aromatic N) is 3. The number of allylic oxidation sites excluding steroid dienone is 2. The highest BCUT2D eigenvalue weighted by atomic mass is 16.2. The monoisotopic (exact) mass is 290 g/mol. The van der Waals surface area contributed by atoms with Gasteiger partial charge in [0, 0.05) is 19.5 Å². The normalized spacial score (nSPS) is 24.3. The molecule has 0 aromatic carbocycles. The van der Waals surface area contributed by atoms with Gasteiger partial charge in [0.15, 0.2) is 0 Å². The van der Waals surface area contributed by atoms with Gasteiger partial charge in [-0.15, -0.1) is 10.2 Å². The highest BCUT2D eigenvalue weighted by Gasteiger charge is 2.60. The molecule has 0 saturated heterocycles. The van der Waals surface area contributed by atoms with E-state index in [0.29, 0.717) is 12.5 Å². The Labute approximate surface area is 126 Å². The molecule has 1 amide bonds. The van der Waals surface area contributed by atoms with Gasteiger partial charge in [0.05, 0.1) is 5.92 Å². The smallest absolute Gasteiger partial charge is 0.224 e. The molecule has 1 aliphatic carbocycles. The summed E-state index contributed by atoms with van der Waals surface area (Å²) in [6.07, 6.45) is 3.90. The number of hydrogen-bond acceptors (Lipinski definition) is 3. The summed E-state index contributed by atoms with van der Waals surface area (Å²) in [5.41, 5.74) is 1.34. The lowest BCUT2D eigenvalue weighted by atomic mass is 10.1. The summed E-state index contributed by atoms with van der Waals surface area (Å²) < 4.78 is 1.89. The van der Waals surface area contributed by atoms with Crippen molar-refractivity contribution in [1.82, 2.24) is 20.1 Å². The first kappa shape index (κ1) is 15.7. The van der Waals surface area contributed by atoms with Gasteiger partial charge < -0.3 is 9.88 Å². The average Bonchev–Trinajstić information content (AvgIpc) is 2.72. The molecule has 116 valence electrons. The van der Waals surface area contributed by atoms with Gasteiger partial charge in [-0.3, -0.25) is 4.79 Å². The van der Waals surface area contributed by atoms with Crippen molar-refractivity contribution in [2.24, 2.45) is 24.3 Å². The second-order valence-electron chi connectivity index (χ2n) is 7.02. The molecule has 0 spiro atoms. The van der Waals surface area contributed by atoms with E-state index in [2.05, 4.69) is 56.2 Å². The molecule has 21 heavy (non-hydrogen) atoms. The van der Waals surface area contributed by atoms with Crippen molar-refractivity contribution < 1.29 is 4.79 Å². The molecular weight excluding hydrogens is 264 g/mol. The first-order valence-corrected chi connectivity index (χ1v) is 7.51. The quantitative estimate of drug-likeness (QED) is 0.846. The fourth-order valence-corrected chi connectivity index (χ4v) is 3.04. The zero-order valence-electron chi connectivity index (χ0n) is 13.8. The van der Waals surface area contributed by atoms with Crippen LogP contribution in [-0.2, 0) is 11.8 Å². The average molecular weight is 290 g/mol. The second-order valence-corrected chi connectivity index (χ2v) is 7.02. The number of carbonyl (C=O) groups is 1. The third-order valence-corrected chi connectivity index (χ3v) is 4.48. The van der Waals surface area contributed by atoms with Crippen molar-refractivity contribution in [3.63, 3.8) is 0 Å². The molecule has 1 aromatic heterocycles. The number of aryl methyl sites for hydroxylation is 1. The van der Waals surface area contributed by atoms with Gasteiger partial charge >= 0.3 is 0 Å². The Bertz CT molecular complexity index is 554. The van der Waals surface area contributed by atoms with Crippen LogP contribution in [0.25, 0.3) is 0 Å². The summed E-state index contributed by atoms with van der Waals surface area (Å²) in [6, 6.07) is 0. The predicted molar refractivity (Wildman–Crippen MR) is 82.6 cm³/mol.